The molecule has 2 N–H and O–H groups in total. The second kappa shape index (κ2) is 6.77. The summed E-state index contributed by atoms with van der Waals surface area (Å²) >= 11 is 6.06. The Balaban J connectivity index is 2.21. The van der Waals surface area contributed by atoms with Crippen molar-refractivity contribution in [3.63, 3.8) is 0 Å². The third kappa shape index (κ3) is 3.74. The van der Waals surface area contributed by atoms with Crippen LogP contribution in [0.4, 0.5) is 0 Å². The highest BCUT2D eigenvalue weighted by Crippen LogP contribution is 2.28. The van der Waals surface area contributed by atoms with Crippen molar-refractivity contribution in [3.05, 3.63) is 41.2 Å². The van der Waals surface area contributed by atoms with Crippen LogP contribution in [0.25, 0.3) is 0 Å². The van der Waals surface area contributed by atoms with E-state index in [1.165, 1.54) is 0 Å². The van der Waals surface area contributed by atoms with E-state index in [2.05, 4.69) is 12.0 Å². The lowest BCUT2D eigenvalue weighted by Crippen LogP contribution is -2.21. The smallest absolute Gasteiger partial charge is 0.165 e. The molecular weight excluding hydrogens is 274 g/mol. The van der Waals surface area contributed by atoms with Crippen LogP contribution >= 0.6 is 11.6 Å². The maximum atomic E-state index is 6.06. The van der Waals surface area contributed by atoms with Crippen LogP contribution in [-0.2, 0) is 13.0 Å². The summed E-state index contributed by atoms with van der Waals surface area (Å²) in [5.41, 5.74) is 7.05. The van der Waals surface area contributed by atoms with Crippen LogP contribution in [0.5, 0.6) is 11.5 Å². The summed E-state index contributed by atoms with van der Waals surface area (Å²) in [6.45, 7) is 4.92. The zero-order chi connectivity index (χ0) is 14.5. The average molecular weight is 294 g/mol. The van der Waals surface area contributed by atoms with Gasteiger partial charge in [-0.15, -0.1) is 0 Å². The molecule has 0 amide bonds. The van der Waals surface area contributed by atoms with E-state index >= 15 is 0 Å². The zero-order valence-electron chi connectivity index (χ0n) is 11.8. The number of benzene rings is 1. The topological polar surface area (TPSA) is 53.1 Å². The molecule has 0 saturated heterocycles. The highest BCUT2D eigenvalue weighted by Gasteiger charge is 2.10. The Morgan fingerprint density at radius 1 is 1.40 bits per heavy atom. The molecule has 1 unspecified atom stereocenters. The van der Waals surface area contributed by atoms with Gasteiger partial charge in [0, 0.05) is 17.6 Å². The molecule has 0 saturated carbocycles. The zero-order valence-corrected chi connectivity index (χ0v) is 12.6. The molecule has 0 fully saturated rings. The lowest BCUT2D eigenvalue weighted by molar-refractivity contribution is 0.471. The molecule has 1 atom stereocenters. The molecule has 0 bridgehead atoms. The number of hydrogen-bond acceptors (Lipinski definition) is 3. The quantitative estimate of drug-likeness (QED) is 0.885. The summed E-state index contributed by atoms with van der Waals surface area (Å²) in [6, 6.07) is 5.72. The van der Waals surface area contributed by atoms with Crippen molar-refractivity contribution in [2.75, 3.05) is 0 Å². The number of ether oxygens (including phenoxy) is 1. The van der Waals surface area contributed by atoms with Crippen molar-refractivity contribution in [1.82, 2.24) is 9.78 Å². The lowest BCUT2D eigenvalue weighted by atomic mass is 10.0. The van der Waals surface area contributed by atoms with Crippen LogP contribution in [0.1, 0.15) is 25.8 Å². The molecule has 1 aromatic carbocycles. The first kappa shape index (κ1) is 14.9. The monoisotopic (exact) mass is 293 g/mol. The fourth-order valence-corrected chi connectivity index (χ4v) is 2.13. The van der Waals surface area contributed by atoms with Gasteiger partial charge in [-0.25, -0.2) is 0 Å². The molecule has 20 heavy (non-hydrogen) atoms. The van der Waals surface area contributed by atoms with E-state index in [-0.39, 0.29) is 6.04 Å². The first-order valence-electron chi connectivity index (χ1n) is 6.86. The van der Waals surface area contributed by atoms with Crippen LogP contribution in [0.15, 0.2) is 30.6 Å². The van der Waals surface area contributed by atoms with Crippen molar-refractivity contribution < 1.29 is 4.74 Å². The number of aryl methyl sites for hydroxylation is 1. The Bertz CT molecular complexity index is 568. The number of nitrogens with two attached hydrogens (primary N) is 1. The average Bonchev–Trinajstić information content (AvgIpc) is 2.89. The summed E-state index contributed by atoms with van der Waals surface area (Å²) in [5.74, 6) is 1.51. The number of hydrogen-bond donors (Lipinski definition) is 1. The van der Waals surface area contributed by atoms with Crippen molar-refractivity contribution in [1.29, 1.82) is 0 Å². The van der Waals surface area contributed by atoms with Gasteiger partial charge in [-0.05, 0) is 43.5 Å². The molecule has 1 aromatic heterocycles. The minimum absolute atomic E-state index is 0.106. The van der Waals surface area contributed by atoms with Crippen LogP contribution in [0.3, 0.4) is 0 Å². The largest absolute Gasteiger partial charge is 0.454 e. The minimum atomic E-state index is 0.106. The molecule has 1 heterocycles. The molecule has 2 rings (SSSR count). The molecule has 0 aliphatic carbocycles. The Hall–Kier alpha value is -1.52. The first-order chi connectivity index (χ1) is 9.62. The molecular formula is C15H20ClN3O. The second-order valence-corrected chi connectivity index (χ2v) is 5.19. The van der Waals surface area contributed by atoms with Gasteiger partial charge in [-0.1, -0.05) is 18.5 Å². The van der Waals surface area contributed by atoms with E-state index in [0.29, 0.717) is 5.02 Å². The highest BCUT2D eigenvalue weighted by atomic mass is 35.5. The highest BCUT2D eigenvalue weighted by molar-refractivity contribution is 6.30. The Morgan fingerprint density at radius 3 is 2.85 bits per heavy atom. The summed E-state index contributed by atoms with van der Waals surface area (Å²) < 4.78 is 7.72. The second-order valence-electron chi connectivity index (χ2n) is 4.76. The van der Waals surface area contributed by atoms with Gasteiger partial charge >= 0.3 is 0 Å². The third-order valence-electron chi connectivity index (χ3n) is 3.19. The van der Waals surface area contributed by atoms with Gasteiger partial charge in [-0.3, -0.25) is 4.68 Å². The molecule has 108 valence electrons. The lowest BCUT2D eigenvalue weighted by Gasteiger charge is -2.13. The summed E-state index contributed by atoms with van der Waals surface area (Å²) in [5, 5.41) is 4.89. The molecule has 0 aliphatic rings. The van der Waals surface area contributed by atoms with Crippen molar-refractivity contribution >= 4 is 11.6 Å². The Labute approximate surface area is 124 Å². The number of rotatable bonds is 6. The SMILES string of the molecule is CCC(N)Cc1cc(Cl)ccc1Oc1cnn(CC)c1. The maximum absolute atomic E-state index is 6.06. The molecule has 0 radical (unpaired) electrons. The predicted octanol–water partition coefficient (Wildman–Crippen LogP) is 3.63. The Kier molecular flexibility index (Phi) is 5.04. The predicted molar refractivity (Wildman–Crippen MR) is 81.4 cm³/mol. The standard InChI is InChI=1S/C15H20ClN3O/c1-3-13(17)8-11-7-12(16)5-6-15(11)20-14-9-18-19(4-2)10-14/h5-7,9-10,13H,3-4,8,17H2,1-2H3. The van der Waals surface area contributed by atoms with Crippen LogP contribution in [-0.4, -0.2) is 15.8 Å². The summed E-state index contributed by atoms with van der Waals surface area (Å²) in [7, 11) is 0. The van der Waals surface area contributed by atoms with Gasteiger partial charge in [0.1, 0.15) is 5.75 Å². The van der Waals surface area contributed by atoms with Crippen molar-refractivity contribution in [2.24, 2.45) is 5.73 Å². The summed E-state index contributed by atoms with van der Waals surface area (Å²) in [6.07, 6.45) is 5.24. The molecule has 0 aliphatic heterocycles. The van der Waals surface area contributed by atoms with Crippen LogP contribution in [0, 0.1) is 0 Å². The fourth-order valence-electron chi connectivity index (χ4n) is 1.93. The maximum Gasteiger partial charge on any atom is 0.165 e. The van der Waals surface area contributed by atoms with Gasteiger partial charge in [0.05, 0.1) is 12.4 Å². The van der Waals surface area contributed by atoms with Gasteiger partial charge in [0.2, 0.25) is 0 Å². The first-order valence-corrected chi connectivity index (χ1v) is 7.24. The fraction of sp³-hybridized carbons (Fsp3) is 0.400. The Morgan fingerprint density at radius 2 is 2.20 bits per heavy atom. The van der Waals surface area contributed by atoms with Gasteiger partial charge in [0.25, 0.3) is 0 Å². The van der Waals surface area contributed by atoms with Crippen LogP contribution in [0.2, 0.25) is 5.02 Å². The molecule has 2 aromatic rings. The van der Waals surface area contributed by atoms with Crippen molar-refractivity contribution in [2.45, 2.75) is 39.3 Å². The number of aromatic nitrogens is 2. The third-order valence-corrected chi connectivity index (χ3v) is 3.43. The van der Waals surface area contributed by atoms with E-state index in [1.807, 2.05) is 36.0 Å². The van der Waals surface area contributed by atoms with Gasteiger partial charge in [-0.2, -0.15) is 5.10 Å². The number of halogens is 1. The van der Waals surface area contributed by atoms with E-state index in [4.69, 9.17) is 22.1 Å². The summed E-state index contributed by atoms with van der Waals surface area (Å²) in [4.78, 5) is 0. The van der Waals surface area contributed by atoms with E-state index in [0.717, 1.165) is 36.4 Å². The van der Waals surface area contributed by atoms with Gasteiger partial charge in [0.15, 0.2) is 5.75 Å². The minimum Gasteiger partial charge on any atom is -0.454 e. The van der Waals surface area contributed by atoms with E-state index in [1.54, 1.807) is 6.20 Å². The molecule has 5 heteroatoms. The van der Waals surface area contributed by atoms with Gasteiger partial charge < -0.3 is 10.5 Å². The number of nitrogens with zero attached hydrogens (tertiary/aromatic N) is 2. The van der Waals surface area contributed by atoms with Crippen LogP contribution < -0.4 is 10.5 Å². The normalized spacial score (nSPS) is 12.4. The molecule has 0 spiro atoms. The van der Waals surface area contributed by atoms with E-state index in [9.17, 15) is 0 Å². The van der Waals surface area contributed by atoms with E-state index < -0.39 is 0 Å². The molecule has 4 nitrogen and oxygen atoms in total. The van der Waals surface area contributed by atoms with Crippen molar-refractivity contribution in [3.8, 4) is 11.5 Å².